The van der Waals surface area contributed by atoms with Crippen molar-refractivity contribution in [2.24, 2.45) is 0 Å². The van der Waals surface area contributed by atoms with E-state index in [0.717, 1.165) is 17.7 Å². The van der Waals surface area contributed by atoms with Crippen molar-refractivity contribution in [3.63, 3.8) is 0 Å². The highest BCUT2D eigenvalue weighted by Crippen LogP contribution is 2.25. The van der Waals surface area contributed by atoms with E-state index < -0.39 is 15.8 Å². The van der Waals surface area contributed by atoms with E-state index in [1.807, 2.05) is 0 Å². The van der Waals surface area contributed by atoms with Crippen LogP contribution in [0.25, 0.3) is 0 Å². The number of anilines is 2. The Labute approximate surface area is 168 Å². The molecule has 3 rings (SSSR count). The van der Waals surface area contributed by atoms with Crippen molar-refractivity contribution in [1.82, 2.24) is 0 Å². The molecule has 29 heavy (non-hydrogen) atoms. The standard InChI is InChI=1S/C21H19FN2O4S/c1-28-17-6-4-5-15(13-17)14-21(25)23-19-7-2-3-8-20(19)24-29(26,27)18-11-9-16(22)10-12-18/h2-13,24H,14H2,1H3,(H,23,25). The number of halogens is 1. The third kappa shape index (κ3) is 5.32. The predicted molar refractivity (Wildman–Crippen MR) is 109 cm³/mol. The van der Waals surface area contributed by atoms with Gasteiger partial charge in [0.05, 0.1) is 29.8 Å². The lowest BCUT2D eigenvalue weighted by molar-refractivity contribution is -0.115. The molecule has 1 amide bonds. The second kappa shape index (κ2) is 8.74. The lowest BCUT2D eigenvalue weighted by Gasteiger charge is -2.14. The van der Waals surface area contributed by atoms with Crippen molar-refractivity contribution in [2.75, 3.05) is 17.1 Å². The second-order valence-corrected chi connectivity index (χ2v) is 7.86. The molecule has 0 saturated carbocycles. The van der Waals surface area contributed by atoms with E-state index in [0.29, 0.717) is 11.4 Å². The van der Waals surface area contributed by atoms with Crippen LogP contribution in [0.15, 0.2) is 77.7 Å². The number of hydrogen-bond acceptors (Lipinski definition) is 4. The van der Waals surface area contributed by atoms with Crippen LogP contribution in [0.5, 0.6) is 5.75 Å². The van der Waals surface area contributed by atoms with Crippen LogP contribution in [0.3, 0.4) is 0 Å². The number of amides is 1. The summed E-state index contributed by atoms with van der Waals surface area (Å²) in [7, 11) is -2.40. The molecule has 0 aromatic heterocycles. The quantitative estimate of drug-likeness (QED) is 0.616. The number of carbonyl (C=O) groups is 1. The summed E-state index contributed by atoms with van der Waals surface area (Å²) in [5, 5.41) is 2.71. The topological polar surface area (TPSA) is 84.5 Å². The van der Waals surface area contributed by atoms with Gasteiger partial charge in [0.25, 0.3) is 10.0 Å². The van der Waals surface area contributed by atoms with Crippen LogP contribution in [-0.4, -0.2) is 21.4 Å². The van der Waals surface area contributed by atoms with Gasteiger partial charge in [-0.05, 0) is 54.1 Å². The minimum atomic E-state index is -3.94. The molecule has 0 spiro atoms. The predicted octanol–water partition coefficient (Wildman–Crippen LogP) is 3.82. The van der Waals surface area contributed by atoms with E-state index in [9.17, 15) is 17.6 Å². The number of para-hydroxylation sites is 2. The van der Waals surface area contributed by atoms with Crippen molar-refractivity contribution >= 4 is 27.3 Å². The van der Waals surface area contributed by atoms with Gasteiger partial charge in [-0.25, -0.2) is 12.8 Å². The molecule has 2 N–H and O–H groups in total. The second-order valence-electron chi connectivity index (χ2n) is 6.18. The zero-order valence-electron chi connectivity index (χ0n) is 15.6. The maximum Gasteiger partial charge on any atom is 0.261 e. The van der Waals surface area contributed by atoms with Gasteiger partial charge in [-0.2, -0.15) is 0 Å². The van der Waals surface area contributed by atoms with E-state index in [1.165, 1.54) is 18.2 Å². The van der Waals surface area contributed by atoms with Gasteiger partial charge in [0.15, 0.2) is 0 Å². The van der Waals surface area contributed by atoms with Crippen molar-refractivity contribution in [3.05, 3.63) is 84.2 Å². The number of carbonyl (C=O) groups excluding carboxylic acids is 1. The highest BCUT2D eigenvalue weighted by atomic mass is 32.2. The molecule has 3 aromatic rings. The first-order valence-corrected chi connectivity index (χ1v) is 10.2. The zero-order valence-corrected chi connectivity index (χ0v) is 16.4. The highest BCUT2D eigenvalue weighted by Gasteiger charge is 2.17. The van der Waals surface area contributed by atoms with Crippen LogP contribution in [0.4, 0.5) is 15.8 Å². The SMILES string of the molecule is COc1cccc(CC(=O)Nc2ccccc2NS(=O)(=O)c2ccc(F)cc2)c1. The number of methoxy groups -OCH3 is 1. The zero-order chi connectivity index (χ0) is 20.9. The summed E-state index contributed by atoms with van der Waals surface area (Å²) in [6, 6.07) is 18.0. The van der Waals surface area contributed by atoms with Crippen LogP contribution in [0, 0.1) is 5.82 Å². The smallest absolute Gasteiger partial charge is 0.261 e. The Morgan fingerprint density at radius 1 is 0.966 bits per heavy atom. The van der Waals surface area contributed by atoms with Crippen molar-refractivity contribution < 1.29 is 22.3 Å². The Hall–Kier alpha value is -3.39. The molecule has 0 aliphatic rings. The fraction of sp³-hybridized carbons (Fsp3) is 0.0952. The first-order valence-electron chi connectivity index (χ1n) is 8.67. The Bertz CT molecular complexity index is 1120. The summed E-state index contributed by atoms with van der Waals surface area (Å²) >= 11 is 0. The number of nitrogens with one attached hydrogen (secondary N) is 2. The summed E-state index contributed by atoms with van der Waals surface area (Å²) in [5.74, 6) is -0.205. The molecule has 8 heteroatoms. The number of sulfonamides is 1. The van der Waals surface area contributed by atoms with Crippen LogP contribution in [0.1, 0.15) is 5.56 Å². The molecule has 0 atom stereocenters. The normalized spacial score (nSPS) is 11.0. The molecule has 0 bridgehead atoms. The first-order chi connectivity index (χ1) is 13.9. The molecular weight excluding hydrogens is 395 g/mol. The van der Waals surface area contributed by atoms with E-state index in [1.54, 1.807) is 49.6 Å². The van der Waals surface area contributed by atoms with E-state index in [4.69, 9.17) is 4.74 Å². The molecule has 0 heterocycles. The summed E-state index contributed by atoms with van der Waals surface area (Å²) in [6.07, 6.45) is 0.0935. The first kappa shape index (κ1) is 20.3. The molecular formula is C21H19FN2O4S. The molecule has 0 radical (unpaired) electrons. The van der Waals surface area contributed by atoms with E-state index in [-0.39, 0.29) is 22.9 Å². The maximum atomic E-state index is 13.1. The number of rotatable bonds is 7. The van der Waals surface area contributed by atoms with Crippen LogP contribution in [-0.2, 0) is 21.2 Å². The minimum Gasteiger partial charge on any atom is -0.497 e. The molecule has 0 aliphatic heterocycles. The van der Waals surface area contributed by atoms with Gasteiger partial charge < -0.3 is 10.1 Å². The van der Waals surface area contributed by atoms with Gasteiger partial charge in [0.2, 0.25) is 5.91 Å². The van der Waals surface area contributed by atoms with Gasteiger partial charge in [-0.1, -0.05) is 24.3 Å². The summed E-state index contributed by atoms with van der Waals surface area (Å²) in [6.45, 7) is 0. The van der Waals surface area contributed by atoms with Crippen molar-refractivity contribution in [2.45, 2.75) is 11.3 Å². The van der Waals surface area contributed by atoms with Crippen LogP contribution < -0.4 is 14.8 Å². The van der Waals surface area contributed by atoms with Gasteiger partial charge in [0.1, 0.15) is 11.6 Å². The molecule has 0 unspecified atom stereocenters. The Kier molecular flexibility index (Phi) is 6.13. The Morgan fingerprint density at radius 3 is 2.34 bits per heavy atom. The molecule has 3 aromatic carbocycles. The van der Waals surface area contributed by atoms with Crippen molar-refractivity contribution in [1.29, 1.82) is 0 Å². The summed E-state index contributed by atoms with van der Waals surface area (Å²) in [4.78, 5) is 12.3. The van der Waals surface area contributed by atoms with Crippen molar-refractivity contribution in [3.8, 4) is 5.75 Å². The van der Waals surface area contributed by atoms with Gasteiger partial charge in [0, 0.05) is 0 Å². The van der Waals surface area contributed by atoms with Crippen LogP contribution >= 0.6 is 0 Å². The Morgan fingerprint density at radius 2 is 1.66 bits per heavy atom. The van der Waals surface area contributed by atoms with E-state index >= 15 is 0 Å². The van der Waals surface area contributed by atoms with Gasteiger partial charge >= 0.3 is 0 Å². The minimum absolute atomic E-state index is 0.0867. The summed E-state index contributed by atoms with van der Waals surface area (Å²) in [5.41, 5.74) is 1.27. The molecule has 0 saturated heterocycles. The average molecular weight is 414 g/mol. The number of hydrogen-bond donors (Lipinski definition) is 2. The summed E-state index contributed by atoms with van der Waals surface area (Å²) < 4.78 is 45.7. The highest BCUT2D eigenvalue weighted by molar-refractivity contribution is 7.92. The molecule has 6 nitrogen and oxygen atoms in total. The fourth-order valence-corrected chi connectivity index (χ4v) is 3.74. The van der Waals surface area contributed by atoms with E-state index in [2.05, 4.69) is 10.0 Å². The number of benzene rings is 3. The van der Waals surface area contributed by atoms with Gasteiger partial charge in [-0.15, -0.1) is 0 Å². The number of ether oxygens (including phenoxy) is 1. The Balaban J connectivity index is 1.76. The fourth-order valence-electron chi connectivity index (χ4n) is 2.66. The average Bonchev–Trinajstić information content (AvgIpc) is 2.69. The molecule has 0 aliphatic carbocycles. The molecule has 150 valence electrons. The lowest BCUT2D eigenvalue weighted by atomic mass is 10.1. The monoisotopic (exact) mass is 414 g/mol. The third-order valence-corrected chi connectivity index (χ3v) is 5.45. The lowest BCUT2D eigenvalue weighted by Crippen LogP contribution is -2.18. The van der Waals surface area contributed by atoms with Gasteiger partial charge in [-0.3, -0.25) is 9.52 Å². The maximum absolute atomic E-state index is 13.1. The largest absolute Gasteiger partial charge is 0.497 e. The molecule has 0 fully saturated rings. The third-order valence-electron chi connectivity index (χ3n) is 4.07. The van der Waals surface area contributed by atoms with Crippen LogP contribution in [0.2, 0.25) is 0 Å².